The van der Waals surface area contributed by atoms with Crippen molar-refractivity contribution in [3.8, 4) is 0 Å². The molecule has 0 bridgehead atoms. The van der Waals surface area contributed by atoms with Crippen molar-refractivity contribution in [2.24, 2.45) is 5.84 Å². The monoisotopic (exact) mass is 283 g/mol. The molecule has 0 aliphatic carbocycles. The number of nitrogens with two attached hydrogens (primary N) is 1. The Morgan fingerprint density at radius 2 is 1.89 bits per heavy atom. The van der Waals surface area contributed by atoms with Crippen LogP contribution in [0.1, 0.15) is 17.2 Å². The maximum atomic E-state index is 13.6. The molecule has 1 unspecified atom stereocenters. The van der Waals surface area contributed by atoms with Crippen molar-refractivity contribution in [1.82, 2.24) is 10.4 Å². The zero-order valence-electron chi connectivity index (χ0n) is 9.91. The lowest BCUT2D eigenvalue weighted by atomic mass is 10.00. The van der Waals surface area contributed by atoms with E-state index in [-0.39, 0.29) is 12.0 Å². The van der Waals surface area contributed by atoms with Crippen LogP contribution in [0.5, 0.6) is 0 Å². The van der Waals surface area contributed by atoms with Crippen molar-refractivity contribution in [3.05, 3.63) is 64.4 Å². The van der Waals surface area contributed by atoms with Gasteiger partial charge in [0, 0.05) is 11.8 Å². The first-order valence-electron chi connectivity index (χ1n) is 5.62. The molecule has 1 aromatic heterocycles. The summed E-state index contributed by atoms with van der Waals surface area (Å²) in [7, 11) is 0. The largest absolute Gasteiger partial charge is 0.271 e. The van der Waals surface area contributed by atoms with Crippen LogP contribution in [-0.2, 0) is 6.42 Å². The molecule has 0 radical (unpaired) electrons. The van der Waals surface area contributed by atoms with E-state index in [1.54, 1.807) is 12.1 Å². The number of nitrogens with zero attached hydrogens (tertiary/aromatic N) is 1. The van der Waals surface area contributed by atoms with Gasteiger partial charge in [-0.25, -0.2) is 13.8 Å². The first-order chi connectivity index (χ1) is 9.11. The Labute approximate surface area is 114 Å². The van der Waals surface area contributed by atoms with Gasteiger partial charge in [-0.2, -0.15) is 0 Å². The Bertz CT molecular complexity index is 540. The highest BCUT2D eigenvalue weighted by Gasteiger charge is 2.16. The van der Waals surface area contributed by atoms with E-state index in [0.29, 0.717) is 10.7 Å². The van der Waals surface area contributed by atoms with Gasteiger partial charge in [-0.1, -0.05) is 23.7 Å². The maximum absolute atomic E-state index is 13.6. The minimum Gasteiger partial charge on any atom is -0.271 e. The van der Waals surface area contributed by atoms with E-state index in [9.17, 15) is 8.78 Å². The molecule has 1 aromatic carbocycles. The lowest BCUT2D eigenvalue weighted by molar-refractivity contribution is 0.499. The number of halogens is 3. The minimum atomic E-state index is -0.595. The van der Waals surface area contributed by atoms with E-state index < -0.39 is 17.7 Å². The van der Waals surface area contributed by atoms with Gasteiger partial charge in [-0.15, -0.1) is 0 Å². The Kier molecular flexibility index (Phi) is 4.42. The quantitative estimate of drug-likeness (QED) is 0.515. The van der Waals surface area contributed by atoms with Crippen molar-refractivity contribution in [2.75, 3.05) is 0 Å². The summed E-state index contributed by atoms with van der Waals surface area (Å²) in [6, 6.07) is 6.61. The maximum Gasteiger partial charge on any atom is 0.129 e. The molecule has 19 heavy (non-hydrogen) atoms. The number of hydrogen-bond acceptors (Lipinski definition) is 3. The Morgan fingerprint density at radius 3 is 2.42 bits per heavy atom. The van der Waals surface area contributed by atoms with E-state index in [1.165, 1.54) is 24.4 Å². The summed E-state index contributed by atoms with van der Waals surface area (Å²) in [5, 5.41) is 0.344. The predicted octanol–water partition coefficient (Wildman–Crippen LogP) is 2.76. The number of hydrogen-bond donors (Lipinski definition) is 2. The minimum absolute atomic E-state index is 0.0135. The van der Waals surface area contributed by atoms with Crippen LogP contribution in [0, 0.1) is 11.6 Å². The molecule has 6 heteroatoms. The summed E-state index contributed by atoms with van der Waals surface area (Å²) in [4.78, 5) is 3.92. The molecule has 0 fully saturated rings. The molecule has 0 spiro atoms. The van der Waals surface area contributed by atoms with Crippen LogP contribution in [0.3, 0.4) is 0 Å². The molecule has 0 aliphatic heterocycles. The fraction of sp³-hybridized carbons (Fsp3) is 0.154. The van der Waals surface area contributed by atoms with Crippen LogP contribution in [0.15, 0.2) is 36.5 Å². The number of hydrazine groups is 1. The third-order valence-electron chi connectivity index (χ3n) is 2.82. The molecule has 3 nitrogen and oxygen atoms in total. The van der Waals surface area contributed by atoms with E-state index >= 15 is 0 Å². The lowest BCUT2D eigenvalue weighted by Crippen LogP contribution is -2.30. The molecule has 2 rings (SSSR count). The summed E-state index contributed by atoms with van der Waals surface area (Å²) in [5.74, 6) is 4.24. The zero-order valence-corrected chi connectivity index (χ0v) is 10.7. The molecular formula is C13H12ClF2N3. The highest BCUT2D eigenvalue weighted by Crippen LogP contribution is 2.22. The summed E-state index contributed by atoms with van der Waals surface area (Å²) in [6.07, 6.45) is 1.60. The predicted molar refractivity (Wildman–Crippen MR) is 69.4 cm³/mol. The second kappa shape index (κ2) is 6.06. The van der Waals surface area contributed by atoms with E-state index in [1.807, 2.05) is 0 Å². The second-order valence-corrected chi connectivity index (χ2v) is 4.43. The van der Waals surface area contributed by atoms with Crippen LogP contribution in [0.25, 0.3) is 0 Å². The summed E-state index contributed by atoms with van der Waals surface area (Å²) < 4.78 is 27.2. The lowest BCUT2D eigenvalue weighted by Gasteiger charge is -2.16. The van der Waals surface area contributed by atoms with Gasteiger partial charge >= 0.3 is 0 Å². The molecular weight excluding hydrogens is 272 g/mol. The van der Waals surface area contributed by atoms with Crippen LogP contribution in [0.2, 0.25) is 5.15 Å². The van der Waals surface area contributed by atoms with Gasteiger partial charge in [0.2, 0.25) is 0 Å². The molecule has 3 N–H and O–H groups in total. The molecule has 0 saturated carbocycles. The Balaban J connectivity index is 2.26. The summed E-state index contributed by atoms with van der Waals surface area (Å²) >= 11 is 5.69. The van der Waals surface area contributed by atoms with Crippen molar-refractivity contribution in [2.45, 2.75) is 12.5 Å². The smallest absolute Gasteiger partial charge is 0.129 e. The van der Waals surface area contributed by atoms with Crippen molar-refractivity contribution >= 4 is 11.6 Å². The number of rotatable bonds is 4. The average molecular weight is 284 g/mol. The second-order valence-electron chi connectivity index (χ2n) is 4.04. The molecule has 0 aliphatic rings. The fourth-order valence-corrected chi connectivity index (χ4v) is 1.91. The van der Waals surface area contributed by atoms with Crippen LogP contribution in [0.4, 0.5) is 8.78 Å². The van der Waals surface area contributed by atoms with Gasteiger partial charge in [0.25, 0.3) is 0 Å². The molecule has 0 amide bonds. The highest BCUT2D eigenvalue weighted by molar-refractivity contribution is 6.29. The molecule has 100 valence electrons. The third-order valence-corrected chi connectivity index (χ3v) is 3.05. The third kappa shape index (κ3) is 3.26. The number of nitrogens with one attached hydrogen (secondary N) is 1. The highest BCUT2D eigenvalue weighted by atomic mass is 35.5. The van der Waals surface area contributed by atoms with E-state index in [4.69, 9.17) is 17.4 Å². The fourth-order valence-electron chi connectivity index (χ4n) is 1.80. The van der Waals surface area contributed by atoms with Crippen LogP contribution >= 0.6 is 11.6 Å². The molecule has 0 saturated heterocycles. The zero-order chi connectivity index (χ0) is 13.8. The first kappa shape index (κ1) is 13.9. The van der Waals surface area contributed by atoms with E-state index in [2.05, 4.69) is 10.4 Å². The average Bonchev–Trinajstić information content (AvgIpc) is 2.40. The van der Waals surface area contributed by atoms with Crippen LogP contribution in [-0.4, -0.2) is 4.98 Å². The normalized spacial score (nSPS) is 12.4. The van der Waals surface area contributed by atoms with Gasteiger partial charge in [0.15, 0.2) is 0 Å². The standard InChI is InChI=1S/C13H12ClF2N3/c14-13-5-4-8(7-18-13)12(19-17)6-9-10(15)2-1-3-11(9)16/h1-5,7,12,19H,6,17H2. The number of benzene rings is 1. The van der Waals surface area contributed by atoms with Gasteiger partial charge < -0.3 is 0 Å². The summed E-state index contributed by atoms with van der Waals surface area (Å²) in [6.45, 7) is 0. The Morgan fingerprint density at radius 1 is 1.21 bits per heavy atom. The molecule has 1 heterocycles. The Hall–Kier alpha value is -1.56. The molecule has 2 aromatic rings. The summed E-state index contributed by atoms with van der Waals surface area (Å²) in [5.41, 5.74) is 3.21. The number of pyridine rings is 1. The number of aromatic nitrogens is 1. The van der Waals surface area contributed by atoms with Gasteiger partial charge in [-0.05, 0) is 30.2 Å². The van der Waals surface area contributed by atoms with Crippen LogP contribution < -0.4 is 11.3 Å². The van der Waals surface area contributed by atoms with Crippen molar-refractivity contribution in [1.29, 1.82) is 0 Å². The van der Waals surface area contributed by atoms with Crippen molar-refractivity contribution < 1.29 is 8.78 Å². The SMILES string of the molecule is NNC(Cc1c(F)cccc1F)c1ccc(Cl)nc1. The topological polar surface area (TPSA) is 50.9 Å². The van der Waals surface area contributed by atoms with Gasteiger partial charge in [0.1, 0.15) is 16.8 Å². The first-order valence-corrected chi connectivity index (χ1v) is 6.00. The van der Waals surface area contributed by atoms with Gasteiger partial charge in [0.05, 0.1) is 6.04 Å². The van der Waals surface area contributed by atoms with Gasteiger partial charge in [-0.3, -0.25) is 11.3 Å². The van der Waals surface area contributed by atoms with E-state index in [0.717, 1.165) is 0 Å². The molecule has 1 atom stereocenters. The van der Waals surface area contributed by atoms with Crippen molar-refractivity contribution in [3.63, 3.8) is 0 Å².